The topological polar surface area (TPSA) is 41.6 Å². The van der Waals surface area contributed by atoms with Crippen molar-refractivity contribution in [2.45, 2.75) is 18.6 Å². The molecule has 1 saturated heterocycles. The molecule has 1 fully saturated rings. The molecule has 1 atom stereocenters. The van der Waals surface area contributed by atoms with Gasteiger partial charge in [-0.05, 0) is 17.0 Å². The van der Waals surface area contributed by atoms with E-state index >= 15 is 0 Å². The van der Waals surface area contributed by atoms with E-state index in [9.17, 15) is 18.0 Å². The Morgan fingerprint density at radius 3 is 2.43 bits per heavy atom. The van der Waals surface area contributed by atoms with Gasteiger partial charge in [0.2, 0.25) is 5.91 Å². The zero-order chi connectivity index (χ0) is 16.6. The fourth-order valence-electron chi connectivity index (χ4n) is 2.92. The second-order valence-corrected chi connectivity index (χ2v) is 5.33. The van der Waals surface area contributed by atoms with E-state index in [0.29, 0.717) is 16.5 Å². The Morgan fingerprint density at radius 2 is 1.87 bits per heavy atom. The Balaban J connectivity index is 2.17. The summed E-state index contributed by atoms with van der Waals surface area (Å²) in [5.41, 5.74) is 2.39. The molecule has 1 aliphatic heterocycles. The number of amides is 1. The van der Waals surface area contributed by atoms with Gasteiger partial charge in [0.15, 0.2) is 6.04 Å². The maximum absolute atomic E-state index is 13.7. The first-order valence-electron chi connectivity index (χ1n) is 7.10. The van der Waals surface area contributed by atoms with Crippen molar-refractivity contribution in [1.29, 1.82) is 0 Å². The van der Waals surface area contributed by atoms with E-state index in [2.05, 4.69) is 5.43 Å². The number of hydrazine groups is 1. The quantitative estimate of drug-likeness (QED) is 0.943. The highest BCUT2D eigenvalue weighted by atomic mass is 19.4. The van der Waals surface area contributed by atoms with Crippen molar-refractivity contribution in [2.24, 2.45) is 0 Å². The van der Waals surface area contributed by atoms with Crippen LogP contribution in [0.1, 0.15) is 18.0 Å². The first kappa shape index (κ1) is 15.6. The van der Waals surface area contributed by atoms with Gasteiger partial charge in [-0.2, -0.15) is 13.2 Å². The van der Waals surface area contributed by atoms with Gasteiger partial charge in [0.1, 0.15) is 5.75 Å². The summed E-state index contributed by atoms with van der Waals surface area (Å²) in [6.07, 6.45) is -4.46. The number of alkyl halides is 3. The molecule has 1 unspecified atom stereocenters. The average molecular weight is 324 g/mol. The Kier molecular flexibility index (Phi) is 3.89. The molecule has 2 aromatic rings. The summed E-state index contributed by atoms with van der Waals surface area (Å²) in [7, 11) is 1.48. The van der Waals surface area contributed by atoms with Crippen LogP contribution in [0.15, 0.2) is 36.4 Å². The molecule has 0 saturated carbocycles. The van der Waals surface area contributed by atoms with Crippen LogP contribution in [-0.4, -0.2) is 30.7 Å². The molecule has 4 nitrogen and oxygen atoms in total. The highest BCUT2D eigenvalue weighted by molar-refractivity contribution is 5.91. The van der Waals surface area contributed by atoms with Crippen LogP contribution in [0.5, 0.6) is 5.75 Å². The van der Waals surface area contributed by atoms with Gasteiger partial charge in [-0.15, -0.1) is 0 Å². The number of ether oxygens (including phenoxy) is 1. The lowest BCUT2D eigenvalue weighted by molar-refractivity contribution is -0.190. The normalized spacial score (nSPS) is 17.3. The first-order valence-corrected chi connectivity index (χ1v) is 7.10. The van der Waals surface area contributed by atoms with Crippen molar-refractivity contribution < 1.29 is 22.7 Å². The van der Waals surface area contributed by atoms with E-state index in [1.165, 1.54) is 19.2 Å². The van der Waals surface area contributed by atoms with Crippen LogP contribution in [-0.2, 0) is 4.79 Å². The lowest BCUT2D eigenvalue weighted by Crippen LogP contribution is -2.43. The van der Waals surface area contributed by atoms with Gasteiger partial charge >= 0.3 is 6.18 Å². The molecular formula is C16H15F3N2O2. The third-order valence-electron chi connectivity index (χ3n) is 3.90. The summed E-state index contributed by atoms with van der Waals surface area (Å²) < 4.78 is 46.2. The van der Waals surface area contributed by atoms with Gasteiger partial charge in [0, 0.05) is 18.4 Å². The Hall–Kier alpha value is -2.28. The molecule has 3 rings (SSSR count). The van der Waals surface area contributed by atoms with E-state index < -0.39 is 18.1 Å². The summed E-state index contributed by atoms with van der Waals surface area (Å²) in [5.74, 6) is 0.104. The molecule has 0 radical (unpaired) electrons. The van der Waals surface area contributed by atoms with Gasteiger partial charge < -0.3 is 4.74 Å². The number of benzene rings is 2. The number of carbonyl (C=O) groups is 1. The molecule has 0 bridgehead atoms. The van der Waals surface area contributed by atoms with Crippen LogP contribution in [0.25, 0.3) is 10.8 Å². The molecule has 2 aromatic carbocycles. The number of rotatable bonds is 3. The summed E-state index contributed by atoms with van der Waals surface area (Å²) in [6.45, 7) is 0.0172. The Morgan fingerprint density at radius 1 is 1.17 bits per heavy atom. The van der Waals surface area contributed by atoms with Gasteiger partial charge in [-0.1, -0.05) is 30.3 Å². The number of fused-ring (bicyclic) bond motifs is 1. The van der Waals surface area contributed by atoms with Crippen LogP contribution in [0.2, 0.25) is 0 Å². The monoisotopic (exact) mass is 324 g/mol. The third-order valence-corrected chi connectivity index (χ3v) is 3.90. The van der Waals surface area contributed by atoms with E-state index in [4.69, 9.17) is 4.74 Å². The molecule has 23 heavy (non-hydrogen) atoms. The maximum Gasteiger partial charge on any atom is 0.409 e. The third kappa shape index (κ3) is 2.84. The zero-order valence-corrected chi connectivity index (χ0v) is 12.4. The van der Waals surface area contributed by atoms with Crippen LogP contribution in [0, 0.1) is 0 Å². The molecular weight excluding hydrogens is 309 g/mol. The lowest BCUT2D eigenvalue weighted by atomic mass is 9.97. The molecule has 1 amide bonds. The van der Waals surface area contributed by atoms with Gasteiger partial charge in [0.05, 0.1) is 7.11 Å². The van der Waals surface area contributed by atoms with Crippen molar-refractivity contribution in [3.63, 3.8) is 0 Å². The van der Waals surface area contributed by atoms with Crippen molar-refractivity contribution in [1.82, 2.24) is 10.4 Å². The summed E-state index contributed by atoms with van der Waals surface area (Å²) in [5, 5.41) is 2.01. The molecule has 0 spiro atoms. The van der Waals surface area contributed by atoms with Crippen LogP contribution < -0.4 is 10.2 Å². The minimum atomic E-state index is -4.52. The van der Waals surface area contributed by atoms with Crippen molar-refractivity contribution in [2.75, 3.05) is 13.7 Å². The van der Waals surface area contributed by atoms with Crippen molar-refractivity contribution in [3.05, 3.63) is 42.0 Å². The molecule has 1 N–H and O–H groups in total. The fraction of sp³-hybridized carbons (Fsp3) is 0.312. The minimum Gasteiger partial charge on any atom is -0.496 e. The number of methoxy groups -OCH3 is 1. The van der Waals surface area contributed by atoms with E-state index in [1.807, 2.05) is 0 Å². The summed E-state index contributed by atoms with van der Waals surface area (Å²) >= 11 is 0. The number of hydrogen-bond donors (Lipinski definition) is 1. The number of hydrogen-bond acceptors (Lipinski definition) is 3. The van der Waals surface area contributed by atoms with E-state index in [1.54, 1.807) is 24.3 Å². The van der Waals surface area contributed by atoms with Crippen LogP contribution in [0.3, 0.4) is 0 Å². The van der Waals surface area contributed by atoms with Crippen molar-refractivity contribution in [3.8, 4) is 5.75 Å². The molecule has 7 heteroatoms. The van der Waals surface area contributed by atoms with Crippen molar-refractivity contribution >= 4 is 16.7 Å². The highest BCUT2D eigenvalue weighted by Gasteiger charge is 2.47. The second kappa shape index (κ2) is 5.73. The van der Waals surface area contributed by atoms with E-state index in [0.717, 1.165) is 5.01 Å². The molecule has 1 heterocycles. The zero-order valence-electron chi connectivity index (χ0n) is 12.4. The molecule has 1 aliphatic rings. The number of nitrogens with zero attached hydrogens (tertiary/aromatic N) is 1. The lowest BCUT2D eigenvalue weighted by Gasteiger charge is -2.30. The number of halogens is 3. The van der Waals surface area contributed by atoms with E-state index in [-0.39, 0.29) is 18.5 Å². The molecule has 0 aliphatic carbocycles. The van der Waals surface area contributed by atoms with Gasteiger partial charge in [-0.3, -0.25) is 10.2 Å². The second-order valence-electron chi connectivity index (χ2n) is 5.33. The molecule has 122 valence electrons. The predicted octanol–water partition coefficient (Wildman–Crippen LogP) is 3.19. The van der Waals surface area contributed by atoms with Gasteiger partial charge in [-0.25, -0.2) is 5.01 Å². The Bertz CT molecular complexity index is 746. The first-order chi connectivity index (χ1) is 10.9. The summed E-state index contributed by atoms with van der Waals surface area (Å²) in [6, 6.07) is 7.80. The Labute approximate surface area is 130 Å². The minimum absolute atomic E-state index is 0.0172. The standard InChI is InChI=1S/C16H15F3N2O2/c1-23-13-7-6-12(10-4-2-3-5-11(10)13)15(16(17,18)19)21-9-8-14(22)20-21/h2-7,15H,8-9H2,1H3,(H,20,22). The van der Waals surface area contributed by atoms with Crippen LogP contribution >= 0.6 is 0 Å². The average Bonchev–Trinajstić information content (AvgIpc) is 2.92. The predicted molar refractivity (Wildman–Crippen MR) is 78.8 cm³/mol. The molecule has 0 aromatic heterocycles. The van der Waals surface area contributed by atoms with Gasteiger partial charge in [0.25, 0.3) is 0 Å². The number of carbonyl (C=O) groups excluding carboxylic acids is 1. The smallest absolute Gasteiger partial charge is 0.409 e. The number of nitrogens with one attached hydrogen (secondary N) is 1. The highest BCUT2D eigenvalue weighted by Crippen LogP contribution is 2.42. The maximum atomic E-state index is 13.7. The fourth-order valence-corrected chi connectivity index (χ4v) is 2.92. The SMILES string of the molecule is COc1ccc(C(N2CCC(=O)N2)C(F)(F)F)c2ccccc12. The summed E-state index contributed by atoms with van der Waals surface area (Å²) in [4.78, 5) is 11.3. The van der Waals surface area contributed by atoms with Crippen LogP contribution in [0.4, 0.5) is 13.2 Å². The largest absolute Gasteiger partial charge is 0.496 e.